The van der Waals surface area contributed by atoms with E-state index in [2.05, 4.69) is 10.6 Å². The number of hydrogen-bond acceptors (Lipinski definition) is 4. The van der Waals surface area contributed by atoms with Gasteiger partial charge in [-0.05, 0) is 60.2 Å². The molecule has 0 radical (unpaired) electrons. The third-order valence-corrected chi connectivity index (χ3v) is 4.02. The molecular weight excluding hydrogens is 380 g/mol. The summed E-state index contributed by atoms with van der Waals surface area (Å²) >= 11 is 5.90. The Kier molecular flexibility index (Phi) is 6.14. The van der Waals surface area contributed by atoms with Crippen molar-refractivity contribution < 1.29 is 18.7 Å². The minimum absolute atomic E-state index is 0.0551. The number of ether oxygens (including phenoxy) is 1. The lowest BCUT2D eigenvalue weighted by atomic mass is 10.2. The summed E-state index contributed by atoms with van der Waals surface area (Å²) < 4.78 is 10.2. The zero-order chi connectivity index (χ0) is 19.9. The number of hydrogen-bond donors (Lipinski definition) is 2. The van der Waals surface area contributed by atoms with Crippen molar-refractivity contribution in [3.63, 3.8) is 0 Å². The molecule has 0 saturated carbocycles. The van der Waals surface area contributed by atoms with E-state index in [-0.39, 0.29) is 11.5 Å². The van der Waals surface area contributed by atoms with E-state index in [1.165, 1.54) is 12.3 Å². The number of methoxy groups -OCH3 is 1. The van der Waals surface area contributed by atoms with Crippen LogP contribution in [0.15, 0.2) is 77.0 Å². The molecule has 6 nitrogen and oxygen atoms in total. The Morgan fingerprint density at radius 2 is 1.75 bits per heavy atom. The summed E-state index contributed by atoms with van der Waals surface area (Å²) in [6.07, 6.45) is 2.94. The van der Waals surface area contributed by atoms with Crippen molar-refractivity contribution in [1.82, 2.24) is 5.32 Å². The number of furan rings is 1. The molecule has 0 spiro atoms. The number of rotatable bonds is 6. The van der Waals surface area contributed by atoms with Crippen molar-refractivity contribution in [1.29, 1.82) is 0 Å². The Balaban J connectivity index is 1.84. The molecule has 0 fully saturated rings. The molecule has 1 aromatic heterocycles. The first-order valence-electron chi connectivity index (χ1n) is 8.32. The lowest BCUT2D eigenvalue weighted by molar-refractivity contribution is -0.113. The van der Waals surface area contributed by atoms with E-state index in [1.54, 1.807) is 67.8 Å². The van der Waals surface area contributed by atoms with Crippen LogP contribution in [0.4, 0.5) is 5.69 Å². The van der Waals surface area contributed by atoms with Gasteiger partial charge in [0.15, 0.2) is 5.76 Å². The van der Waals surface area contributed by atoms with Crippen LogP contribution in [0.2, 0.25) is 5.02 Å². The smallest absolute Gasteiger partial charge is 0.291 e. The summed E-state index contributed by atoms with van der Waals surface area (Å²) in [6, 6.07) is 16.8. The van der Waals surface area contributed by atoms with Crippen LogP contribution in [0.1, 0.15) is 16.1 Å². The Morgan fingerprint density at radius 3 is 2.36 bits per heavy atom. The predicted octanol–water partition coefficient (Wildman–Crippen LogP) is 4.35. The quantitative estimate of drug-likeness (QED) is 0.607. The monoisotopic (exact) mass is 396 g/mol. The summed E-state index contributed by atoms with van der Waals surface area (Å²) in [5, 5.41) is 5.90. The van der Waals surface area contributed by atoms with E-state index < -0.39 is 11.8 Å². The average molecular weight is 397 g/mol. The first-order valence-corrected chi connectivity index (χ1v) is 8.70. The van der Waals surface area contributed by atoms with Crippen molar-refractivity contribution >= 4 is 35.2 Å². The summed E-state index contributed by atoms with van der Waals surface area (Å²) in [4.78, 5) is 25.1. The molecule has 0 atom stereocenters. The normalized spacial score (nSPS) is 11.0. The zero-order valence-electron chi connectivity index (χ0n) is 14.9. The lowest BCUT2D eigenvalue weighted by Gasteiger charge is -2.11. The molecule has 2 aromatic carbocycles. The molecule has 3 aromatic rings. The van der Waals surface area contributed by atoms with Gasteiger partial charge in [0, 0.05) is 10.7 Å². The van der Waals surface area contributed by atoms with Crippen molar-refractivity contribution in [2.45, 2.75) is 0 Å². The third-order valence-electron chi connectivity index (χ3n) is 3.77. The second kappa shape index (κ2) is 8.92. The molecule has 0 aliphatic carbocycles. The highest BCUT2D eigenvalue weighted by Crippen LogP contribution is 2.17. The summed E-state index contributed by atoms with van der Waals surface area (Å²) in [7, 11) is 1.56. The number of benzene rings is 2. The summed E-state index contributed by atoms with van der Waals surface area (Å²) in [6.45, 7) is 0. The van der Waals surface area contributed by atoms with Gasteiger partial charge in [-0.2, -0.15) is 0 Å². The van der Waals surface area contributed by atoms with Crippen LogP contribution in [0, 0.1) is 0 Å². The molecule has 0 aliphatic heterocycles. The molecule has 0 bridgehead atoms. The van der Waals surface area contributed by atoms with Gasteiger partial charge in [-0.15, -0.1) is 0 Å². The van der Waals surface area contributed by atoms with Gasteiger partial charge in [-0.25, -0.2) is 0 Å². The minimum Gasteiger partial charge on any atom is -0.497 e. The molecule has 2 N–H and O–H groups in total. The lowest BCUT2D eigenvalue weighted by Crippen LogP contribution is -2.30. The Labute approximate surface area is 166 Å². The Bertz CT molecular complexity index is 978. The molecule has 0 aliphatic rings. The number of carbonyl (C=O) groups excluding carboxylic acids is 2. The number of nitrogens with one attached hydrogen (secondary N) is 2. The predicted molar refractivity (Wildman–Crippen MR) is 107 cm³/mol. The van der Waals surface area contributed by atoms with E-state index in [9.17, 15) is 9.59 Å². The maximum Gasteiger partial charge on any atom is 0.291 e. The van der Waals surface area contributed by atoms with Crippen molar-refractivity contribution in [3.8, 4) is 5.75 Å². The number of anilines is 1. The molecular formula is C21H17ClN2O4. The maximum absolute atomic E-state index is 12.8. The first kappa shape index (κ1) is 19.3. The highest BCUT2D eigenvalue weighted by atomic mass is 35.5. The molecule has 3 rings (SSSR count). The minimum atomic E-state index is -0.532. The van der Waals surface area contributed by atoms with E-state index in [4.69, 9.17) is 20.8 Å². The molecule has 142 valence electrons. The second-order valence-electron chi connectivity index (χ2n) is 5.72. The van der Waals surface area contributed by atoms with Gasteiger partial charge in [0.2, 0.25) is 0 Å². The standard InChI is InChI=1S/C21H17ClN2O4/c1-27-17-10-8-16(9-11-17)23-20(25)18(13-14-4-6-15(22)7-5-14)24-21(26)19-3-2-12-28-19/h2-13H,1H3,(H,23,25)(H,24,26)/b18-13-. The summed E-state index contributed by atoms with van der Waals surface area (Å²) in [5.74, 6) is -0.254. The third kappa shape index (κ3) is 5.02. The maximum atomic E-state index is 12.8. The van der Waals surface area contributed by atoms with Crippen LogP contribution in [0.5, 0.6) is 5.75 Å². The SMILES string of the molecule is COc1ccc(NC(=O)/C(=C/c2ccc(Cl)cc2)NC(=O)c2ccco2)cc1. The van der Waals surface area contributed by atoms with Gasteiger partial charge in [0.05, 0.1) is 13.4 Å². The van der Waals surface area contributed by atoms with Gasteiger partial charge >= 0.3 is 0 Å². The van der Waals surface area contributed by atoms with Crippen LogP contribution < -0.4 is 15.4 Å². The van der Waals surface area contributed by atoms with Gasteiger partial charge < -0.3 is 19.8 Å². The summed E-state index contributed by atoms with van der Waals surface area (Å²) in [5.41, 5.74) is 1.31. The van der Waals surface area contributed by atoms with Gasteiger partial charge in [-0.3, -0.25) is 9.59 Å². The molecule has 0 unspecified atom stereocenters. The van der Waals surface area contributed by atoms with Gasteiger partial charge in [0.1, 0.15) is 11.4 Å². The molecule has 2 amide bonds. The first-order chi connectivity index (χ1) is 13.5. The van der Waals surface area contributed by atoms with Crippen molar-refractivity contribution in [3.05, 3.63) is 89.0 Å². The Morgan fingerprint density at radius 1 is 1.04 bits per heavy atom. The number of amides is 2. The molecule has 1 heterocycles. The highest BCUT2D eigenvalue weighted by molar-refractivity contribution is 6.30. The number of halogens is 1. The van der Waals surface area contributed by atoms with Crippen LogP contribution in [0.3, 0.4) is 0 Å². The van der Waals surface area contributed by atoms with Crippen molar-refractivity contribution in [2.75, 3.05) is 12.4 Å². The van der Waals surface area contributed by atoms with Crippen LogP contribution in [-0.4, -0.2) is 18.9 Å². The van der Waals surface area contributed by atoms with E-state index in [0.29, 0.717) is 22.0 Å². The largest absolute Gasteiger partial charge is 0.497 e. The zero-order valence-corrected chi connectivity index (χ0v) is 15.7. The number of carbonyl (C=O) groups is 2. The van der Waals surface area contributed by atoms with Crippen LogP contribution in [-0.2, 0) is 4.79 Å². The van der Waals surface area contributed by atoms with Crippen LogP contribution >= 0.6 is 11.6 Å². The fourth-order valence-corrected chi connectivity index (χ4v) is 2.47. The van der Waals surface area contributed by atoms with Gasteiger partial charge in [-0.1, -0.05) is 23.7 Å². The van der Waals surface area contributed by atoms with E-state index in [1.807, 2.05) is 0 Å². The fraction of sp³-hybridized carbons (Fsp3) is 0.0476. The van der Waals surface area contributed by atoms with E-state index >= 15 is 0 Å². The average Bonchev–Trinajstić information content (AvgIpc) is 3.24. The van der Waals surface area contributed by atoms with Crippen molar-refractivity contribution in [2.24, 2.45) is 0 Å². The second-order valence-corrected chi connectivity index (χ2v) is 6.16. The fourth-order valence-electron chi connectivity index (χ4n) is 2.35. The highest BCUT2D eigenvalue weighted by Gasteiger charge is 2.16. The molecule has 7 heteroatoms. The molecule has 0 saturated heterocycles. The topological polar surface area (TPSA) is 80.6 Å². The Hall–Kier alpha value is -3.51. The van der Waals surface area contributed by atoms with Crippen LogP contribution in [0.25, 0.3) is 6.08 Å². The van der Waals surface area contributed by atoms with Gasteiger partial charge in [0.25, 0.3) is 11.8 Å². The molecule has 28 heavy (non-hydrogen) atoms. The van der Waals surface area contributed by atoms with E-state index in [0.717, 1.165) is 0 Å².